The predicted molar refractivity (Wildman–Crippen MR) is 42.4 cm³/mol. The molecule has 2 saturated heterocycles. The van der Waals surface area contributed by atoms with Crippen molar-refractivity contribution in [3.8, 4) is 0 Å². The Morgan fingerprint density at radius 3 is 2.36 bits per heavy atom. The molecule has 3 fully saturated rings. The molecule has 0 aromatic rings. The van der Waals surface area contributed by atoms with Crippen LogP contribution in [0.5, 0.6) is 0 Å². The first-order valence-corrected chi connectivity index (χ1v) is 4.72. The average molecular weight is 153 g/mol. The monoisotopic (exact) mass is 153 g/mol. The third-order valence-electron chi connectivity index (χ3n) is 3.82. The van der Waals surface area contributed by atoms with Gasteiger partial charge in [0.05, 0.1) is 13.2 Å². The van der Waals surface area contributed by atoms with Gasteiger partial charge in [0.15, 0.2) is 0 Å². The van der Waals surface area contributed by atoms with E-state index in [9.17, 15) is 0 Å². The van der Waals surface area contributed by atoms with Crippen molar-refractivity contribution < 1.29 is 4.74 Å². The Hall–Kier alpha value is -0.0800. The fourth-order valence-corrected chi connectivity index (χ4v) is 2.74. The van der Waals surface area contributed by atoms with E-state index < -0.39 is 0 Å². The van der Waals surface area contributed by atoms with E-state index in [2.05, 4.69) is 5.32 Å². The molecule has 1 saturated carbocycles. The Morgan fingerprint density at radius 1 is 1.27 bits per heavy atom. The van der Waals surface area contributed by atoms with Crippen LogP contribution >= 0.6 is 0 Å². The summed E-state index contributed by atoms with van der Waals surface area (Å²) in [6, 6.07) is 0.824. The number of hydrogen-bond acceptors (Lipinski definition) is 2. The molecule has 1 unspecified atom stereocenters. The van der Waals surface area contributed by atoms with Crippen LogP contribution in [0.3, 0.4) is 0 Å². The highest BCUT2D eigenvalue weighted by atomic mass is 16.5. The van der Waals surface area contributed by atoms with Crippen molar-refractivity contribution in [2.75, 3.05) is 19.8 Å². The molecule has 0 amide bonds. The summed E-state index contributed by atoms with van der Waals surface area (Å²) in [7, 11) is 0. The largest absolute Gasteiger partial charge is 0.381 e. The van der Waals surface area contributed by atoms with E-state index in [1.165, 1.54) is 25.8 Å². The zero-order valence-corrected chi connectivity index (χ0v) is 6.81. The Bertz CT molecular complexity index is 167. The second kappa shape index (κ2) is 1.99. The SMILES string of the molecule is C1CC2(C1)CNC2C1COC1. The van der Waals surface area contributed by atoms with E-state index in [4.69, 9.17) is 4.74 Å². The molecule has 3 aliphatic rings. The van der Waals surface area contributed by atoms with Gasteiger partial charge in [-0.15, -0.1) is 0 Å². The van der Waals surface area contributed by atoms with Gasteiger partial charge in [-0.1, -0.05) is 6.42 Å². The van der Waals surface area contributed by atoms with E-state index >= 15 is 0 Å². The zero-order valence-electron chi connectivity index (χ0n) is 6.81. The maximum Gasteiger partial charge on any atom is 0.0531 e. The Kier molecular flexibility index (Phi) is 1.16. The molecule has 1 atom stereocenters. The molecule has 11 heavy (non-hydrogen) atoms. The summed E-state index contributed by atoms with van der Waals surface area (Å²) in [5, 5.41) is 3.56. The van der Waals surface area contributed by atoms with Crippen LogP contribution in [0, 0.1) is 11.3 Å². The van der Waals surface area contributed by atoms with Gasteiger partial charge in [0.2, 0.25) is 0 Å². The lowest BCUT2D eigenvalue weighted by molar-refractivity contribution is -0.127. The molecule has 2 aliphatic heterocycles. The van der Waals surface area contributed by atoms with Gasteiger partial charge in [-0.2, -0.15) is 0 Å². The lowest BCUT2D eigenvalue weighted by Gasteiger charge is -2.60. The van der Waals surface area contributed by atoms with Gasteiger partial charge in [0.25, 0.3) is 0 Å². The maximum atomic E-state index is 5.21. The fraction of sp³-hybridized carbons (Fsp3) is 1.00. The van der Waals surface area contributed by atoms with E-state index in [-0.39, 0.29) is 0 Å². The van der Waals surface area contributed by atoms with Crippen LogP contribution in [0.4, 0.5) is 0 Å². The van der Waals surface area contributed by atoms with Crippen molar-refractivity contribution in [1.82, 2.24) is 5.32 Å². The third kappa shape index (κ3) is 0.695. The smallest absolute Gasteiger partial charge is 0.0531 e. The average Bonchev–Trinajstić information content (AvgIpc) is 1.71. The van der Waals surface area contributed by atoms with Crippen molar-refractivity contribution in [2.24, 2.45) is 11.3 Å². The van der Waals surface area contributed by atoms with Crippen LogP contribution in [-0.4, -0.2) is 25.8 Å². The molecule has 0 bridgehead atoms. The normalized spacial score (nSPS) is 40.9. The summed E-state index contributed by atoms with van der Waals surface area (Å²) in [6.07, 6.45) is 4.41. The molecule has 0 radical (unpaired) electrons. The van der Waals surface area contributed by atoms with E-state index in [1.54, 1.807) is 0 Å². The molecule has 1 aliphatic carbocycles. The van der Waals surface area contributed by atoms with E-state index in [0.29, 0.717) is 0 Å². The van der Waals surface area contributed by atoms with Crippen LogP contribution in [0.15, 0.2) is 0 Å². The number of nitrogens with one attached hydrogen (secondary N) is 1. The molecule has 1 spiro atoms. The molecule has 0 aromatic carbocycles. The summed E-state index contributed by atoms with van der Waals surface area (Å²) in [4.78, 5) is 0. The van der Waals surface area contributed by atoms with Gasteiger partial charge in [0.1, 0.15) is 0 Å². The second-order valence-corrected chi connectivity index (χ2v) is 4.37. The Morgan fingerprint density at radius 2 is 2.09 bits per heavy atom. The molecule has 62 valence electrons. The van der Waals surface area contributed by atoms with Crippen LogP contribution in [0.25, 0.3) is 0 Å². The van der Waals surface area contributed by atoms with Gasteiger partial charge in [0, 0.05) is 18.5 Å². The highest BCUT2D eigenvalue weighted by molar-refractivity contribution is 5.09. The summed E-state index contributed by atoms with van der Waals surface area (Å²) in [5.41, 5.74) is 0.744. The van der Waals surface area contributed by atoms with Gasteiger partial charge in [-0.3, -0.25) is 0 Å². The first-order chi connectivity index (χ1) is 5.41. The minimum atomic E-state index is 0.744. The number of ether oxygens (including phenoxy) is 1. The molecule has 0 aromatic heterocycles. The van der Waals surface area contributed by atoms with Crippen LogP contribution in [0.1, 0.15) is 19.3 Å². The van der Waals surface area contributed by atoms with Gasteiger partial charge in [-0.25, -0.2) is 0 Å². The number of rotatable bonds is 1. The highest BCUT2D eigenvalue weighted by Gasteiger charge is 2.54. The van der Waals surface area contributed by atoms with Crippen molar-refractivity contribution in [1.29, 1.82) is 0 Å². The van der Waals surface area contributed by atoms with Crippen LogP contribution in [0.2, 0.25) is 0 Å². The Balaban J connectivity index is 1.69. The topological polar surface area (TPSA) is 21.3 Å². The third-order valence-corrected chi connectivity index (χ3v) is 3.82. The fourth-order valence-electron chi connectivity index (χ4n) is 2.74. The summed E-state index contributed by atoms with van der Waals surface area (Å²) in [5.74, 6) is 0.851. The first-order valence-electron chi connectivity index (χ1n) is 4.72. The summed E-state index contributed by atoms with van der Waals surface area (Å²) in [6.45, 7) is 3.31. The molecule has 2 nitrogen and oxygen atoms in total. The first kappa shape index (κ1) is 6.44. The van der Waals surface area contributed by atoms with Crippen molar-refractivity contribution >= 4 is 0 Å². The second-order valence-electron chi connectivity index (χ2n) is 4.37. The van der Waals surface area contributed by atoms with E-state index in [1.807, 2.05) is 0 Å². The molecular weight excluding hydrogens is 138 g/mol. The van der Waals surface area contributed by atoms with Crippen molar-refractivity contribution in [3.63, 3.8) is 0 Å². The number of hydrogen-bond donors (Lipinski definition) is 1. The minimum absolute atomic E-state index is 0.744. The van der Waals surface area contributed by atoms with Gasteiger partial charge in [-0.05, 0) is 18.3 Å². The predicted octanol–water partition coefficient (Wildman–Crippen LogP) is 0.775. The quantitative estimate of drug-likeness (QED) is 0.601. The maximum absolute atomic E-state index is 5.21. The van der Waals surface area contributed by atoms with E-state index in [0.717, 1.165) is 30.6 Å². The standard InChI is InChI=1S/C9H15NO/c1-2-9(3-1)6-10-8(9)7-4-11-5-7/h7-8,10H,1-6H2. The lowest BCUT2D eigenvalue weighted by Crippen LogP contribution is -2.70. The van der Waals surface area contributed by atoms with Crippen molar-refractivity contribution in [3.05, 3.63) is 0 Å². The zero-order chi connectivity index (χ0) is 7.31. The molecule has 2 heterocycles. The molecular formula is C9H15NO. The van der Waals surface area contributed by atoms with Gasteiger partial charge < -0.3 is 10.1 Å². The highest BCUT2D eigenvalue weighted by Crippen LogP contribution is 2.51. The van der Waals surface area contributed by atoms with Crippen LogP contribution in [-0.2, 0) is 4.74 Å². The van der Waals surface area contributed by atoms with Crippen molar-refractivity contribution in [2.45, 2.75) is 25.3 Å². The lowest BCUT2D eigenvalue weighted by atomic mass is 9.56. The summed E-state index contributed by atoms with van der Waals surface area (Å²) >= 11 is 0. The summed E-state index contributed by atoms with van der Waals surface area (Å²) < 4.78 is 5.21. The Labute approximate surface area is 67.3 Å². The van der Waals surface area contributed by atoms with Crippen LogP contribution < -0.4 is 5.32 Å². The molecule has 1 N–H and O–H groups in total. The van der Waals surface area contributed by atoms with Gasteiger partial charge >= 0.3 is 0 Å². The molecule has 2 heteroatoms. The molecule has 3 rings (SSSR count). The minimum Gasteiger partial charge on any atom is -0.381 e.